The van der Waals surface area contributed by atoms with Crippen LogP contribution in [0.15, 0.2) is 47.2 Å². The van der Waals surface area contributed by atoms with Crippen LogP contribution in [0.2, 0.25) is 0 Å². The summed E-state index contributed by atoms with van der Waals surface area (Å²) in [7, 11) is 0. The van der Waals surface area contributed by atoms with E-state index >= 15 is 0 Å². The zero-order valence-corrected chi connectivity index (χ0v) is 18.8. The molecule has 0 aliphatic carbocycles. The minimum atomic E-state index is -4.96. The summed E-state index contributed by atoms with van der Waals surface area (Å²) >= 11 is 3.14. The smallest absolute Gasteiger partial charge is 0.462 e. The number of hydrogen-bond acceptors (Lipinski definition) is 6. The first-order valence-electron chi connectivity index (χ1n) is 9.44. The van der Waals surface area contributed by atoms with Gasteiger partial charge in [-0.05, 0) is 37.3 Å². The van der Waals surface area contributed by atoms with E-state index in [9.17, 15) is 31.1 Å². The van der Waals surface area contributed by atoms with Crippen molar-refractivity contribution in [1.29, 1.82) is 0 Å². The molecule has 1 aromatic carbocycles. The van der Waals surface area contributed by atoms with Crippen molar-refractivity contribution in [2.75, 3.05) is 11.9 Å². The van der Waals surface area contributed by atoms with Crippen LogP contribution in [-0.4, -0.2) is 39.6 Å². The molecule has 0 saturated heterocycles. The maximum Gasteiger partial charge on any atom is 0.573 e. The highest BCUT2D eigenvalue weighted by atomic mass is 79.9. The van der Waals surface area contributed by atoms with Crippen molar-refractivity contribution in [3.8, 4) is 17.1 Å². The molecule has 0 spiro atoms. The molecule has 182 valence electrons. The Morgan fingerprint density at radius 2 is 1.88 bits per heavy atom. The number of carbonyl (C=O) groups excluding carboxylic acids is 1. The molecule has 0 fully saturated rings. The van der Waals surface area contributed by atoms with Crippen LogP contribution in [0.1, 0.15) is 17.3 Å². The number of nitrogens with zero attached hydrogens (tertiary/aromatic N) is 3. The lowest BCUT2D eigenvalue weighted by molar-refractivity contribution is -0.274. The van der Waals surface area contributed by atoms with Crippen LogP contribution < -0.4 is 10.1 Å². The fourth-order valence-electron chi connectivity index (χ4n) is 2.87. The van der Waals surface area contributed by atoms with E-state index in [4.69, 9.17) is 4.74 Å². The Balaban J connectivity index is 1.99. The second-order valence-electron chi connectivity index (χ2n) is 6.66. The largest absolute Gasteiger partial charge is 0.573 e. The average Bonchev–Trinajstić information content (AvgIpc) is 3.12. The second-order valence-corrected chi connectivity index (χ2v) is 7.57. The summed E-state index contributed by atoms with van der Waals surface area (Å²) in [6, 6.07) is 6.13. The van der Waals surface area contributed by atoms with Gasteiger partial charge in [0.15, 0.2) is 5.75 Å². The minimum Gasteiger partial charge on any atom is -0.462 e. The van der Waals surface area contributed by atoms with Crippen molar-refractivity contribution in [2.24, 2.45) is 0 Å². The Morgan fingerprint density at radius 1 is 1.15 bits per heavy atom. The van der Waals surface area contributed by atoms with Gasteiger partial charge in [0.25, 0.3) is 0 Å². The van der Waals surface area contributed by atoms with E-state index < -0.39 is 30.8 Å². The Kier molecular flexibility index (Phi) is 7.38. The fourth-order valence-corrected chi connectivity index (χ4v) is 3.23. The monoisotopic (exact) mass is 552 g/mol. The third-order valence-corrected chi connectivity index (χ3v) is 4.58. The second kappa shape index (κ2) is 9.91. The molecule has 2 aromatic heterocycles. The first kappa shape index (κ1) is 25.3. The number of carbonyl (C=O) groups is 1. The molecular weight excluding hydrogens is 538 g/mol. The number of alkyl halides is 6. The summed E-state index contributed by atoms with van der Waals surface area (Å²) in [6.45, 7) is 0.158. The zero-order valence-electron chi connectivity index (χ0n) is 17.2. The van der Waals surface area contributed by atoms with Crippen LogP contribution in [0.25, 0.3) is 11.4 Å². The van der Waals surface area contributed by atoms with E-state index in [1.165, 1.54) is 30.5 Å². The number of anilines is 2. The predicted octanol–water partition coefficient (Wildman–Crippen LogP) is 6.09. The molecular formula is C20H15BrF6N4O3. The van der Waals surface area contributed by atoms with Crippen molar-refractivity contribution in [3.05, 3.63) is 52.8 Å². The highest BCUT2D eigenvalue weighted by Crippen LogP contribution is 2.34. The van der Waals surface area contributed by atoms with Crippen molar-refractivity contribution in [3.63, 3.8) is 0 Å². The molecule has 0 saturated carbocycles. The molecule has 0 atom stereocenters. The fraction of sp³-hybridized carbons (Fsp3) is 0.250. The molecule has 0 aliphatic heterocycles. The van der Waals surface area contributed by atoms with Crippen LogP contribution >= 0.6 is 15.9 Å². The Labute approximate surface area is 196 Å². The lowest BCUT2D eigenvalue weighted by atomic mass is 10.2. The highest BCUT2D eigenvalue weighted by Gasteiger charge is 2.32. The standard InChI is InChI=1S/C20H15BrF6N4O3/c1-2-33-17(32)11-7-15(31(9-11)10-19(22,23)24)13-5-6-28-18(29-13)30-14-8-12(21)3-4-16(14)34-20(25,26)27/h3-9H,2,10H2,1H3,(H,28,29,30). The summed E-state index contributed by atoms with van der Waals surface area (Å²) in [4.78, 5) is 20.0. The summed E-state index contributed by atoms with van der Waals surface area (Å²) in [6.07, 6.45) is -7.38. The van der Waals surface area contributed by atoms with Crippen LogP contribution in [0.4, 0.5) is 38.0 Å². The topological polar surface area (TPSA) is 78.3 Å². The molecule has 0 radical (unpaired) electrons. The number of aromatic nitrogens is 3. The maximum absolute atomic E-state index is 13.1. The van der Waals surface area contributed by atoms with Crippen molar-refractivity contribution < 1.29 is 40.6 Å². The number of esters is 1. The first-order valence-corrected chi connectivity index (χ1v) is 10.2. The lowest BCUT2D eigenvalue weighted by Crippen LogP contribution is -2.18. The van der Waals surface area contributed by atoms with Crippen LogP contribution in [0, 0.1) is 0 Å². The van der Waals surface area contributed by atoms with Gasteiger partial charge in [0.1, 0.15) is 6.54 Å². The Hall–Kier alpha value is -3.29. The summed E-state index contributed by atoms with van der Waals surface area (Å²) < 4.78 is 87.4. The zero-order chi connectivity index (χ0) is 25.1. The van der Waals surface area contributed by atoms with Crippen LogP contribution in [0.5, 0.6) is 5.75 Å². The molecule has 34 heavy (non-hydrogen) atoms. The maximum atomic E-state index is 13.1. The number of hydrogen-bond donors (Lipinski definition) is 1. The first-order chi connectivity index (χ1) is 15.8. The van der Waals surface area contributed by atoms with Crippen LogP contribution in [0.3, 0.4) is 0 Å². The van der Waals surface area contributed by atoms with Gasteiger partial charge in [0, 0.05) is 16.9 Å². The van der Waals surface area contributed by atoms with E-state index in [0.717, 1.165) is 16.8 Å². The predicted molar refractivity (Wildman–Crippen MR) is 112 cm³/mol. The Bertz CT molecular complexity index is 1180. The van der Waals surface area contributed by atoms with E-state index in [-0.39, 0.29) is 35.2 Å². The molecule has 3 aromatic rings. The number of ether oxygens (including phenoxy) is 2. The molecule has 0 amide bonds. The highest BCUT2D eigenvalue weighted by molar-refractivity contribution is 9.10. The Morgan fingerprint density at radius 3 is 2.53 bits per heavy atom. The SMILES string of the molecule is CCOC(=O)c1cc(-c2ccnc(Nc3cc(Br)ccc3OC(F)(F)F)n2)n(CC(F)(F)F)c1. The van der Waals surface area contributed by atoms with Gasteiger partial charge < -0.3 is 19.4 Å². The number of halogens is 7. The number of benzene rings is 1. The van der Waals surface area contributed by atoms with Crippen LogP contribution in [-0.2, 0) is 11.3 Å². The van der Waals surface area contributed by atoms with Gasteiger partial charge in [-0.15, -0.1) is 13.2 Å². The number of nitrogens with one attached hydrogen (secondary N) is 1. The van der Waals surface area contributed by atoms with Gasteiger partial charge in [0.2, 0.25) is 5.95 Å². The van der Waals surface area contributed by atoms with Crippen molar-refractivity contribution in [2.45, 2.75) is 26.0 Å². The van der Waals surface area contributed by atoms with Crippen molar-refractivity contribution in [1.82, 2.24) is 14.5 Å². The lowest BCUT2D eigenvalue weighted by Gasteiger charge is -2.15. The molecule has 0 bridgehead atoms. The van der Waals surface area contributed by atoms with Gasteiger partial charge in [-0.1, -0.05) is 15.9 Å². The van der Waals surface area contributed by atoms with Gasteiger partial charge in [-0.3, -0.25) is 0 Å². The average molecular weight is 553 g/mol. The quantitative estimate of drug-likeness (QED) is 0.282. The molecule has 1 N–H and O–H groups in total. The van der Waals surface area contributed by atoms with E-state index in [0.29, 0.717) is 4.47 Å². The molecule has 3 rings (SSSR count). The van der Waals surface area contributed by atoms with Crippen molar-refractivity contribution >= 4 is 33.5 Å². The molecule has 7 nitrogen and oxygen atoms in total. The summed E-state index contributed by atoms with van der Waals surface area (Å²) in [5, 5.41) is 2.56. The number of rotatable bonds is 7. The third-order valence-electron chi connectivity index (χ3n) is 4.09. The molecule has 2 heterocycles. The minimum absolute atomic E-state index is 0.0226. The normalized spacial score (nSPS) is 11.9. The van der Waals surface area contributed by atoms with Gasteiger partial charge >= 0.3 is 18.5 Å². The van der Waals surface area contributed by atoms with Gasteiger partial charge in [0.05, 0.1) is 29.2 Å². The third kappa shape index (κ3) is 6.85. The summed E-state index contributed by atoms with van der Waals surface area (Å²) in [5.74, 6) is -1.62. The summed E-state index contributed by atoms with van der Waals surface area (Å²) in [5.41, 5.74) is -0.374. The van der Waals surface area contributed by atoms with E-state index in [1.807, 2.05) is 0 Å². The van der Waals surface area contributed by atoms with E-state index in [2.05, 4.69) is 36.0 Å². The molecule has 0 unspecified atom stereocenters. The van der Waals surface area contributed by atoms with E-state index in [1.54, 1.807) is 6.92 Å². The molecule has 0 aliphatic rings. The molecule has 14 heteroatoms. The van der Waals surface area contributed by atoms with Gasteiger partial charge in [-0.2, -0.15) is 13.2 Å². The van der Waals surface area contributed by atoms with Gasteiger partial charge in [-0.25, -0.2) is 14.8 Å².